The minimum Gasteiger partial charge on any atom is -0.444 e. The number of rotatable bonds is 4. The molecule has 0 saturated carbocycles. The number of primary amides is 1. The van der Waals surface area contributed by atoms with Crippen molar-refractivity contribution in [1.29, 1.82) is 0 Å². The monoisotopic (exact) mass is 344 g/mol. The molecule has 3 aromatic rings. The number of benzene rings is 1. The highest BCUT2D eigenvalue weighted by molar-refractivity contribution is 6.32. The summed E-state index contributed by atoms with van der Waals surface area (Å²) in [5.74, 6) is -0.625. The Morgan fingerprint density at radius 2 is 1.79 bits per heavy atom. The van der Waals surface area contributed by atoms with Gasteiger partial charge in [0.15, 0.2) is 16.8 Å². The van der Waals surface area contributed by atoms with Crippen molar-refractivity contribution in [3.05, 3.63) is 46.3 Å². The van der Waals surface area contributed by atoms with Gasteiger partial charge in [0.1, 0.15) is 11.3 Å². The van der Waals surface area contributed by atoms with Crippen LogP contribution in [0.3, 0.4) is 0 Å². The maximum absolute atomic E-state index is 11.7. The number of hydrogen-bond donors (Lipinski definition) is 2. The zero-order valence-corrected chi connectivity index (χ0v) is 13.6. The van der Waals surface area contributed by atoms with Crippen LogP contribution in [0.2, 0.25) is 5.15 Å². The highest BCUT2D eigenvalue weighted by Gasteiger charge is 2.26. The molecule has 0 radical (unpaired) electrons. The van der Waals surface area contributed by atoms with Crippen LogP contribution in [-0.4, -0.2) is 21.7 Å². The molecule has 7 nitrogen and oxygen atoms in total. The van der Waals surface area contributed by atoms with Gasteiger partial charge in [-0.05, 0) is 26.0 Å². The van der Waals surface area contributed by atoms with E-state index in [1.165, 1.54) is 6.92 Å². The molecule has 122 valence electrons. The molecule has 0 atom stereocenters. The van der Waals surface area contributed by atoms with Crippen molar-refractivity contribution in [2.45, 2.75) is 13.8 Å². The van der Waals surface area contributed by atoms with Gasteiger partial charge in [-0.25, -0.2) is 9.97 Å². The van der Waals surface area contributed by atoms with Crippen LogP contribution in [0.25, 0.3) is 11.0 Å². The molecule has 2 heterocycles. The molecular formula is C16H13ClN4O3. The molecule has 0 aliphatic heterocycles. The first-order valence-corrected chi connectivity index (χ1v) is 7.39. The van der Waals surface area contributed by atoms with E-state index in [1.54, 1.807) is 19.1 Å². The third kappa shape index (κ3) is 2.69. The highest BCUT2D eigenvalue weighted by atomic mass is 35.5. The van der Waals surface area contributed by atoms with Crippen LogP contribution >= 0.6 is 11.6 Å². The largest absolute Gasteiger partial charge is 0.444 e. The van der Waals surface area contributed by atoms with Crippen molar-refractivity contribution < 1.29 is 14.0 Å². The minimum absolute atomic E-state index is 0.0108. The van der Waals surface area contributed by atoms with Crippen molar-refractivity contribution in [2.75, 3.05) is 5.32 Å². The molecule has 3 rings (SSSR count). The second-order valence-corrected chi connectivity index (χ2v) is 5.49. The lowest BCUT2D eigenvalue weighted by Crippen LogP contribution is -2.16. The molecule has 0 unspecified atom stereocenters. The van der Waals surface area contributed by atoms with E-state index in [-0.39, 0.29) is 39.5 Å². The summed E-state index contributed by atoms with van der Waals surface area (Å²) in [5, 5.41) is 2.90. The molecule has 0 fully saturated rings. The Morgan fingerprint density at radius 1 is 1.17 bits per heavy atom. The number of Topliss-reactive ketones (excluding diaryl/α,β-unsaturated/α-hetero) is 1. The Kier molecular flexibility index (Phi) is 3.94. The number of nitrogens with two attached hydrogens (primary N) is 1. The van der Waals surface area contributed by atoms with Crippen LogP contribution in [0, 0.1) is 6.92 Å². The van der Waals surface area contributed by atoms with Gasteiger partial charge in [0.2, 0.25) is 5.88 Å². The quantitative estimate of drug-likeness (QED) is 0.703. The van der Waals surface area contributed by atoms with Crippen molar-refractivity contribution in [1.82, 2.24) is 9.97 Å². The van der Waals surface area contributed by atoms with E-state index in [2.05, 4.69) is 15.3 Å². The van der Waals surface area contributed by atoms with E-state index in [4.69, 9.17) is 21.8 Å². The summed E-state index contributed by atoms with van der Waals surface area (Å²) in [4.78, 5) is 32.1. The first kappa shape index (κ1) is 15.9. The number of furan rings is 1. The van der Waals surface area contributed by atoms with Crippen molar-refractivity contribution in [2.24, 2.45) is 5.73 Å². The molecule has 0 aliphatic carbocycles. The van der Waals surface area contributed by atoms with Gasteiger partial charge in [0, 0.05) is 0 Å². The smallest absolute Gasteiger partial charge is 0.255 e. The summed E-state index contributed by atoms with van der Waals surface area (Å²) in [6.07, 6.45) is 0. The van der Waals surface area contributed by atoms with Crippen molar-refractivity contribution in [3.8, 4) is 0 Å². The highest BCUT2D eigenvalue weighted by Crippen LogP contribution is 2.31. The van der Waals surface area contributed by atoms with Crippen LogP contribution in [-0.2, 0) is 0 Å². The van der Waals surface area contributed by atoms with Gasteiger partial charge in [-0.1, -0.05) is 23.7 Å². The third-order valence-corrected chi connectivity index (χ3v) is 3.71. The van der Waals surface area contributed by atoms with Crippen LogP contribution in [0.15, 0.2) is 28.7 Å². The van der Waals surface area contributed by atoms with Gasteiger partial charge >= 0.3 is 0 Å². The second kappa shape index (κ2) is 5.93. The van der Waals surface area contributed by atoms with Crippen LogP contribution in [0.4, 0.5) is 11.7 Å². The number of amides is 1. The topological polar surface area (TPSA) is 111 Å². The summed E-state index contributed by atoms with van der Waals surface area (Å²) in [6, 6.07) is 7.18. The first-order chi connectivity index (χ1) is 11.4. The Morgan fingerprint density at radius 3 is 2.38 bits per heavy atom. The zero-order valence-electron chi connectivity index (χ0n) is 12.9. The van der Waals surface area contributed by atoms with E-state index in [1.807, 2.05) is 12.1 Å². The number of hydrogen-bond acceptors (Lipinski definition) is 6. The number of nitrogens with one attached hydrogen (secondary N) is 1. The van der Waals surface area contributed by atoms with Gasteiger partial charge in [-0.15, -0.1) is 0 Å². The molecule has 24 heavy (non-hydrogen) atoms. The minimum atomic E-state index is -0.788. The third-order valence-electron chi connectivity index (χ3n) is 3.44. The SMILES string of the molecule is CC(=O)c1c(C)oc(Nc2nc3ccccc3nc2Cl)c1C(N)=O. The number of ketones is 1. The van der Waals surface area contributed by atoms with Crippen molar-refractivity contribution in [3.63, 3.8) is 0 Å². The van der Waals surface area contributed by atoms with Crippen LogP contribution in [0.5, 0.6) is 0 Å². The average molecular weight is 345 g/mol. The molecule has 3 N–H and O–H groups in total. The molecule has 0 saturated heterocycles. The maximum atomic E-state index is 11.7. The number of carbonyl (C=O) groups excluding carboxylic acids is 2. The number of aryl methyl sites for hydroxylation is 1. The lowest BCUT2D eigenvalue weighted by Gasteiger charge is -2.07. The van der Waals surface area contributed by atoms with Gasteiger partial charge in [0.05, 0.1) is 16.6 Å². The standard InChI is InChI=1S/C16H13ClN4O3/c1-7(22)11-8(2)24-16(12(11)14(18)23)21-15-13(17)19-9-5-3-4-6-10(9)20-15/h3-6H,1-2H3,(H2,18,23)(H,20,21). The van der Waals surface area contributed by atoms with Gasteiger partial charge in [-0.2, -0.15) is 0 Å². The van der Waals surface area contributed by atoms with Crippen molar-refractivity contribution >= 4 is 46.0 Å². The van der Waals surface area contributed by atoms with Crippen LogP contribution < -0.4 is 11.1 Å². The summed E-state index contributed by atoms with van der Waals surface area (Å²) in [7, 11) is 0. The summed E-state index contributed by atoms with van der Waals surface area (Å²) < 4.78 is 5.48. The number of halogens is 1. The second-order valence-electron chi connectivity index (χ2n) is 5.13. The lowest BCUT2D eigenvalue weighted by molar-refractivity contribution is 0.0974. The maximum Gasteiger partial charge on any atom is 0.255 e. The Hall–Kier alpha value is -2.93. The molecule has 1 amide bonds. The lowest BCUT2D eigenvalue weighted by atomic mass is 10.1. The van der Waals surface area contributed by atoms with E-state index in [9.17, 15) is 9.59 Å². The fraction of sp³-hybridized carbons (Fsp3) is 0.125. The molecule has 0 aliphatic rings. The number of fused-ring (bicyclic) bond motifs is 1. The Bertz CT molecular complexity index is 981. The van der Waals surface area contributed by atoms with E-state index >= 15 is 0 Å². The normalized spacial score (nSPS) is 10.8. The number of aromatic nitrogens is 2. The Labute approximate surface area is 141 Å². The number of carbonyl (C=O) groups is 2. The van der Waals surface area contributed by atoms with E-state index in [0.29, 0.717) is 11.0 Å². The molecular weight excluding hydrogens is 332 g/mol. The number of nitrogens with zero attached hydrogens (tertiary/aromatic N) is 2. The van der Waals surface area contributed by atoms with Gasteiger partial charge in [0.25, 0.3) is 5.91 Å². The fourth-order valence-electron chi connectivity index (χ4n) is 2.46. The Balaban J connectivity index is 2.12. The summed E-state index contributed by atoms with van der Waals surface area (Å²) in [5.41, 5.74) is 6.73. The summed E-state index contributed by atoms with van der Waals surface area (Å²) in [6.45, 7) is 2.90. The van der Waals surface area contributed by atoms with Gasteiger partial charge < -0.3 is 15.5 Å². The number of para-hydroxylation sites is 2. The average Bonchev–Trinajstić information content (AvgIpc) is 2.84. The van der Waals surface area contributed by atoms with E-state index in [0.717, 1.165) is 0 Å². The predicted molar refractivity (Wildman–Crippen MR) is 89.8 cm³/mol. The predicted octanol–water partition coefficient (Wildman–Crippen LogP) is 3.23. The first-order valence-electron chi connectivity index (χ1n) is 7.02. The van der Waals surface area contributed by atoms with Crippen LogP contribution in [0.1, 0.15) is 33.4 Å². The molecule has 2 aromatic heterocycles. The number of anilines is 2. The zero-order chi connectivity index (χ0) is 17.4. The molecule has 1 aromatic carbocycles. The summed E-state index contributed by atoms with van der Waals surface area (Å²) >= 11 is 6.13. The van der Waals surface area contributed by atoms with Gasteiger partial charge in [-0.3, -0.25) is 9.59 Å². The molecule has 8 heteroatoms. The molecule has 0 bridgehead atoms. The fourth-order valence-corrected chi connectivity index (χ4v) is 2.64. The molecule has 0 spiro atoms. The van der Waals surface area contributed by atoms with E-state index < -0.39 is 5.91 Å².